The SMILES string of the molecule is COc1cc(OC)c(OC)cc1CN1C[C@@H](CN)[C@H](c2ccccc2)C1.Cl. The Morgan fingerprint density at radius 3 is 2.15 bits per heavy atom. The molecule has 27 heavy (non-hydrogen) atoms. The maximum atomic E-state index is 6.07. The lowest BCUT2D eigenvalue weighted by atomic mass is 9.89. The third-order valence-corrected chi connectivity index (χ3v) is 5.23. The van der Waals surface area contributed by atoms with E-state index in [2.05, 4.69) is 35.2 Å². The Morgan fingerprint density at radius 2 is 1.56 bits per heavy atom. The molecule has 2 N–H and O–H groups in total. The van der Waals surface area contributed by atoms with Crippen LogP contribution in [0.2, 0.25) is 0 Å². The summed E-state index contributed by atoms with van der Waals surface area (Å²) in [5.74, 6) is 3.14. The highest BCUT2D eigenvalue weighted by Gasteiger charge is 2.33. The molecule has 1 aliphatic rings. The minimum absolute atomic E-state index is 0. The molecule has 2 atom stereocenters. The molecule has 0 spiro atoms. The zero-order valence-electron chi connectivity index (χ0n) is 16.2. The maximum absolute atomic E-state index is 6.07. The van der Waals surface area contributed by atoms with E-state index < -0.39 is 0 Å². The predicted molar refractivity (Wildman–Crippen MR) is 110 cm³/mol. The molecule has 0 aromatic heterocycles. The number of ether oxygens (including phenoxy) is 3. The van der Waals surface area contributed by atoms with Crippen molar-refractivity contribution in [1.29, 1.82) is 0 Å². The van der Waals surface area contributed by atoms with Gasteiger partial charge in [0.05, 0.1) is 21.3 Å². The van der Waals surface area contributed by atoms with Gasteiger partial charge in [-0.05, 0) is 24.1 Å². The van der Waals surface area contributed by atoms with Gasteiger partial charge in [0.1, 0.15) is 5.75 Å². The smallest absolute Gasteiger partial charge is 0.164 e. The molecule has 0 saturated carbocycles. The Kier molecular flexibility index (Phi) is 7.78. The first kappa shape index (κ1) is 21.4. The molecule has 0 radical (unpaired) electrons. The monoisotopic (exact) mass is 392 g/mol. The highest BCUT2D eigenvalue weighted by molar-refractivity contribution is 5.85. The molecule has 0 unspecified atom stereocenters. The first-order valence-electron chi connectivity index (χ1n) is 8.96. The van der Waals surface area contributed by atoms with Gasteiger partial charge in [0.15, 0.2) is 11.5 Å². The zero-order chi connectivity index (χ0) is 18.5. The van der Waals surface area contributed by atoms with Crippen LogP contribution in [0.25, 0.3) is 0 Å². The second-order valence-electron chi connectivity index (χ2n) is 6.73. The Balaban J connectivity index is 0.00000261. The van der Waals surface area contributed by atoms with Crippen molar-refractivity contribution in [2.24, 2.45) is 11.7 Å². The minimum atomic E-state index is 0. The molecular weight excluding hydrogens is 364 g/mol. The molecule has 1 heterocycles. The average Bonchev–Trinajstić information content (AvgIpc) is 3.11. The highest BCUT2D eigenvalue weighted by atomic mass is 35.5. The predicted octanol–water partition coefficient (Wildman–Crippen LogP) is 3.31. The lowest BCUT2D eigenvalue weighted by Crippen LogP contribution is -2.23. The molecule has 0 amide bonds. The first-order valence-corrected chi connectivity index (χ1v) is 8.96. The normalized spacial score (nSPS) is 19.4. The summed E-state index contributed by atoms with van der Waals surface area (Å²) < 4.78 is 16.4. The average molecular weight is 393 g/mol. The van der Waals surface area contributed by atoms with Gasteiger partial charge in [0.25, 0.3) is 0 Å². The summed E-state index contributed by atoms with van der Waals surface area (Å²) in [5, 5.41) is 0. The summed E-state index contributed by atoms with van der Waals surface area (Å²) in [6.07, 6.45) is 0. The molecule has 148 valence electrons. The van der Waals surface area contributed by atoms with Crippen LogP contribution in [0.15, 0.2) is 42.5 Å². The van der Waals surface area contributed by atoms with Gasteiger partial charge in [-0.15, -0.1) is 12.4 Å². The number of benzene rings is 2. The maximum Gasteiger partial charge on any atom is 0.164 e. The van der Waals surface area contributed by atoms with Crippen molar-refractivity contribution in [3.63, 3.8) is 0 Å². The Morgan fingerprint density at radius 1 is 0.926 bits per heavy atom. The third kappa shape index (κ3) is 4.67. The molecule has 1 fully saturated rings. The van der Waals surface area contributed by atoms with E-state index in [0.29, 0.717) is 24.1 Å². The number of nitrogens with zero attached hydrogens (tertiary/aromatic N) is 1. The van der Waals surface area contributed by atoms with Crippen molar-refractivity contribution < 1.29 is 14.2 Å². The minimum Gasteiger partial charge on any atom is -0.496 e. The van der Waals surface area contributed by atoms with E-state index in [1.54, 1.807) is 21.3 Å². The van der Waals surface area contributed by atoms with E-state index in [1.807, 2.05) is 12.1 Å². The van der Waals surface area contributed by atoms with Crippen LogP contribution in [0.1, 0.15) is 17.0 Å². The quantitative estimate of drug-likeness (QED) is 0.783. The molecule has 2 aromatic rings. The Bertz CT molecular complexity index is 727. The molecule has 1 aliphatic heterocycles. The van der Waals surface area contributed by atoms with Crippen LogP contribution in [0.5, 0.6) is 17.2 Å². The van der Waals surface area contributed by atoms with Crippen molar-refractivity contribution in [2.75, 3.05) is 41.0 Å². The van der Waals surface area contributed by atoms with Gasteiger partial charge >= 0.3 is 0 Å². The summed E-state index contributed by atoms with van der Waals surface area (Å²) in [6, 6.07) is 14.6. The number of methoxy groups -OCH3 is 3. The van der Waals surface area contributed by atoms with E-state index in [-0.39, 0.29) is 12.4 Å². The summed E-state index contributed by atoms with van der Waals surface area (Å²) in [6.45, 7) is 3.46. The standard InChI is InChI=1S/C21H28N2O3.ClH/c1-24-19-10-21(26-3)20(25-2)9-16(19)12-23-13-17(11-22)18(14-23)15-7-5-4-6-8-15;/h4-10,17-18H,11-14,22H2,1-3H3;1H/t17-,18+;/m1./s1. The molecule has 0 aliphatic carbocycles. The fourth-order valence-corrected chi connectivity index (χ4v) is 3.86. The van der Waals surface area contributed by atoms with Gasteiger partial charge in [-0.25, -0.2) is 0 Å². The summed E-state index contributed by atoms with van der Waals surface area (Å²) in [7, 11) is 4.97. The Hall–Kier alpha value is -1.95. The fraction of sp³-hybridized carbons (Fsp3) is 0.429. The summed E-state index contributed by atoms with van der Waals surface area (Å²) >= 11 is 0. The number of rotatable bonds is 7. The molecule has 1 saturated heterocycles. The molecule has 5 nitrogen and oxygen atoms in total. The van der Waals surface area contributed by atoms with E-state index in [4.69, 9.17) is 19.9 Å². The van der Waals surface area contributed by atoms with Crippen LogP contribution in [-0.2, 0) is 6.54 Å². The third-order valence-electron chi connectivity index (χ3n) is 5.23. The molecule has 0 bridgehead atoms. The van der Waals surface area contributed by atoms with E-state index in [1.165, 1.54) is 5.56 Å². The molecule has 3 rings (SSSR count). The molecular formula is C21H29ClN2O3. The van der Waals surface area contributed by atoms with Gasteiger partial charge in [0, 0.05) is 37.2 Å². The number of hydrogen-bond acceptors (Lipinski definition) is 5. The number of likely N-dealkylation sites (tertiary alicyclic amines) is 1. The van der Waals surface area contributed by atoms with Crippen LogP contribution in [-0.4, -0.2) is 45.9 Å². The molecule has 6 heteroatoms. The van der Waals surface area contributed by atoms with Gasteiger partial charge in [-0.2, -0.15) is 0 Å². The summed E-state index contributed by atoms with van der Waals surface area (Å²) in [5.41, 5.74) is 8.53. The van der Waals surface area contributed by atoms with Crippen LogP contribution >= 0.6 is 12.4 Å². The van der Waals surface area contributed by atoms with Gasteiger partial charge in [-0.1, -0.05) is 30.3 Å². The van der Waals surface area contributed by atoms with E-state index in [9.17, 15) is 0 Å². The van der Waals surface area contributed by atoms with Crippen LogP contribution in [0, 0.1) is 5.92 Å². The topological polar surface area (TPSA) is 57.0 Å². The second kappa shape index (κ2) is 9.83. The van der Waals surface area contributed by atoms with Crippen molar-refractivity contribution in [3.05, 3.63) is 53.6 Å². The summed E-state index contributed by atoms with van der Waals surface area (Å²) in [4.78, 5) is 2.44. The van der Waals surface area contributed by atoms with Crippen molar-refractivity contribution in [1.82, 2.24) is 4.90 Å². The zero-order valence-corrected chi connectivity index (χ0v) is 17.0. The van der Waals surface area contributed by atoms with Gasteiger partial charge in [0.2, 0.25) is 0 Å². The van der Waals surface area contributed by atoms with Crippen LogP contribution in [0.4, 0.5) is 0 Å². The van der Waals surface area contributed by atoms with E-state index >= 15 is 0 Å². The number of nitrogens with two attached hydrogens (primary N) is 1. The van der Waals surface area contributed by atoms with Crippen molar-refractivity contribution >= 4 is 12.4 Å². The highest BCUT2D eigenvalue weighted by Crippen LogP contribution is 2.37. The van der Waals surface area contributed by atoms with Gasteiger partial charge < -0.3 is 19.9 Å². The molecule has 2 aromatic carbocycles. The van der Waals surface area contributed by atoms with Crippen molar-refractivity contribution in [2.45, 2.75) is 12.5 Å². The van der Waals surface area contributed by atoms with E-state index in [0.717, 1.165) is 36.7 Å². The lowest BCUT2D eigenvalue weighted by molar-refractivity contribution is 0.304. The lowest BCUT2D eigenvalue weighted by Gasteiger charge is -2.19. The number of hydrogen-bond donors (Lipinski definition) is 1. The van der Waals surface area contributed by atoms with Crippen molar-refractivity contribution in [3.8, 4) is 17.2 Å². The van der Waals surface area contributed by atoms with Crippen LogP contribution < -0.4 is 19.9 Å². The largest absolute Gasteiger partial charge is 0.496 e. The van der Waals surface area contributed by atoms with Crippen LogP contribution in [0.3, 0.4) is 0 Å². The van der Waals surface area contributed by atoms with Gasteiger partial charge in [-0.3, -0.25) is 4.90 Å². The Labute approximate surface area is 167 Å². The first-order chi connectivity index (χ1) is 12.7. The second-order valence-corrected chi connectivity index (χ2v) is 6.73. The fourth-order valence-electron chi connectivity index (χ4n) is 3.86. The number of halogens is 1.